The van der Waals surface area contributed by atoms with Crippen LogP contribution in [0.15, 0.2) is 30.3 Å². The zero-order valence-electron chi connectivity index (χ0n) is 10.2. The van der Waals surface area contributed by atoms with Crippen LogP contribution in [0.2, 0.25) is 12.1 Å². The maximum atomic E-state index is 3.80. The van der Waals surface area contributed by atoms with Gasteiger partial charge in [-0.2, -0.15) is 0 Å². The van der Waals surface area contributed by atoms with Crippen LogP contribution in [0.5, 0.6) is 0 Å². The molecule has 1 N–H and O–H groups in total. The van der Waals surface area contributed by atoms with Gasteiger partial charge in [0.2, 0.25) is 0 Å². The summed E-state index contributed by atoms with van der Waals surface area (Å²) in [6.45, 7) is 7.93. The van der Waals surface area contributed by atoms with Gasteiger partial charge >= 0.3 is 0 Å². The lowest BCUT2D eigenvalue weighted by Gasteiger charge is -2.31. The quantitative estimate of drug-likeness (QED) is 0.728. The first-order valence-corrected chi connectivity index (χ1v) is 8.51. The number of hydrogen-bond acceptors (Lipinski definition) is 1. The summed E-state index contributed by atoms with van der Waals surface area (Å²) in [5, 5.41) is 1.57. The molecule has 0 spiro atoms. The zero-order chi connectivity index (χ0) is 11.1. The zero-order valence-corrected chi connectivity index (χ0v) is 11.2. The van der Waals surface area contributed by atoms with Gasteiger partial charge in [0, 0.05) is 0 Å². The number of rotatable bonds is 6. The molecular formula is C13H23NSi. The summed E-state index contributed by atoms with van der Waals surface area (Å²) in [5.41, 5.74) is 0. The molecule has 84 valence electrons. The smallest absolute Gasteiger partial charge is 0.157 e. The fourth-order valence-corrected chi connectivity index (χ4v) is 6.41. The van der Waals surface area contributed by atoms with Gasteiger partial charge in [-0.15, -0.1) is 0 Å². The Hall–Kier alpha value is -0.603. The largest absolute Gasteiger partial charge is 0.334 e. The average molecular weight is 221 g/mol. The summed E-state index contributed by atoms with van der Waals surface area (Å²) in [6, 6.07) is 13.7. The first-order chi connectivity index (χ1) is 7.29. The fourth-order valence-electron chi connectivity index (χ4n) is 2.36. The Morgan fingerprint density at radius 3 is 2.20 bits per heavy atom. The maximum Gasteiger partial charge on any atom is 0.157 e. The van der Waals surface area contributed by atoms with Crippen molar-refractivity contribution in [2.75, 3.05) is 6.54 Å². The molecule has 0 amide bonds. The Balaban J connectivity index is 2.97. The molecule has 1 unspecified atom stereocenters. The van der Waals surface area contributed by atoms with Crippen molar-refractivity contribution in [3.8, 4) is 0 Å². The second-order valence-electron chi connectivity index (χ2n) is 4.08. The van der Waals surface area contributed by atoms with Gasteiger partial charge in [-0.05, 0) is 23.8 Å². The second-order valence-corrected chi connectivity index (χ2v) is 8.38. The van der Waals surface area contributed by atoms with Crippen molar-refractivity contribution in [1.29, 1.82) is 0 Å². The Morgan fingerprint density at radius 1 is 1.07 bits per heavy atom. The van der Waals surface area contributed by atoms with Crippen LogP contribution in [0.3, 0.4) is 0 Å². The van der Waals surface area contributed by atoms with E-state index in [2.05, 4.69) is 56.1 Å². The van der Waals surface area contributed by atoms with E-state index >= 15 is 0 Å². The number of benzene rings is 1. The Morgan fingerprint density at radius 2 is 1.73 bits per heavy atom. The number of hydrogen-bond donors (Lipinski definition) is 1. The molecule has 0 aromatic heterocycles. The van der Waals surface area contributed by atoms with Crippen LogP contribution < -0.4 is 10.2 Å². The van der Waals surface area contributed by atoms with E-state index in [0.29, 0.717) is 0 Å². The minimum absolute atomic E-state index is 1.09. The minimum atomic E-state index is -1.40. The molecule has 0 radical (unpaired) electrons. The van der Waals surface area contributed by atoms with Gasteiger partial charge < -0.3 is 4.98 Å². The summed E-state index contributed by atoms with van der Waals surface area (Å²) in [7, 11) is -1.40. The predicted molar refractivity (Wildman–Crippen MR) is 71.1 cm³/mol. The van der Waals surface area contributed by atoms with Crippen LogP contribution >= 0.6 is 0 Å². The molecule has 1 aromatic carbocycles. The third-order valence-corrected chi connectivity index (χ3v) is 8.15. The molecule has 1 rings (SSSR count). The topological polar surface area (TPSA) is 12.0 Å². The normalized spacial score (nSPS) is 14.9. The van der Waals surface area contributed by atoms with Crippen LogP contribution in [0.25, 0.3) is 0 Å². The first-order valence-electron chi connectivity index (χ1n) is 6.09. The highest BCUT2D eigenvalue weighted by Crippen LogP contribution is 2.14. The highest BCUT2D eigenvalue weighted by molar-refractivity contribution is 6.89. The van der Waals surface area contributed by atoms with Gasteiger partial charge in [0.15, 0.2) is 8.24 Å². The van der Waals surface area contributed by atoms with Gasteiger partial charge in [0.25, 0.3) is 0 Å². The summed E-state index contributed by atoms with van der Waals surface area (Å²) in [5.74, 6) is 0. The highest BCUT2D eigenvalue weighted by atomic mass is 28.3. The molecular weight excluding hydrogens is 198 g/mol. The molecule has 0 aliphatic heterocycles. The van der Waals surface area contributed by atoms with Crippen molar-refractivity contribution < 1.29 is 0 Å². The molecule has 1 atom stereocenters. The van der Waals surface area contributed by atoms with Gasteiger partial charge in [-0.25, -0.2) is 0 Å². The van der Waals surface area contributed by atoms with E-state index in [-0.39, 0.29) is 0 Å². The molecule has 0 saturated carbocycles. The monoisotopic (exact) mass is 221 g/mol. The molecule has 0 saturated heterocycles. The lowest BCUT2D eigenvalue weighted by atomic mass is 10.4. The van der Waals surface area contributed by atoms with E-state index in [1.165, 1.54) is 18.5 Å². The van der Waals surface area contributed by atoms with E-state index in [4.69, 9.17) is 0 Å². The molecule has 0 aliphatic rings. The Labute approximate surface area is 95.0 Å². The molecule has 2 heteroatoms. The Kier molecular flexibility index (Phi) is 5.06. The molecule has 1 nitrogen and oxygen atoms in total. The summed E-state index contributed by atoms with van der Waals surface area (Å²) in [4.78, 5) is 3.80. The highest BCUT2D eigenvalue weighted by Gasteiger charge is 2.31. The van der Waals surface area contributed by atoms with Crippen molar-refractivity contribution in [1.82, 2.24) is 4.98 Å². The third kappa shape index (κ3) is 2.92. The summed E-state index contributed by atoms with van der Waals surface area (Å²) in [6.07, 6.45) is 1.28. The summed E-state index contributed by atoms with van der Waals surface area (Å²) >= 11 is 0. The number of nitrogens with one attached hydrogen (secondary N) is 1. The van der Waals surface area contributed by atoms with Crippen molar-refractivity contribution >= 4 is 13.4 Å². The van der Waals surface area contributed by atoms with Gasteiger partial charge in [-0.3, -0.25) is 0 Å². The van der Waals surface area contributed by atoms with Crippen molar-refractivity contribution in [3.63, 3.8) is 0 Å². The van der Waals surface area contributed by atoms with E-state index in [0.717, 1.165) is 6.54 Å². The first kappa shape index (κ1) is 12.5. The van der Waals surface area contributed by atoms with Gasteiger partial charge in [0.1, 0.15) is 0 Å². The summed E-state index contributed by atoms with van der Waals surface area (Å²) < 4.78 is 0. The fraction of sp³-hybridized carbons (Fsp3) is 0.538. The van der Waals surface area contributed by atoms with Crippen molar-refractivity contribution in [2.45, 2.75) is 39.3 Å². The van der Waals surface area contributed by atoms with Gasteiger partial charge in [-0.1, -0.05) is 57.5 Å². The third-order valence-electron chi connectivity index (χ3n) is 3.12. The SMILES string of the molecule is CCC[Si](CC)(NCC)c1ccccc1. The van der Waals surface area contributed by atoms with E-state index in [1.807, 2.05) is 0 Å². The lowest BCUT2D eigenvalue weighted by molar-refractivity contribution is 0.909. The maximum absolute atomic E-state index is 3.80. The Bertz CT molecular complexity index is 265. The van der Waals surface area contributed by atoms with Crippen LogP contribution in [0.4, 0.5) is 0 Å². The van der Waals surface area contributed by atoms with Crippen LogP contribution in [-0.4, -0.2) is 14.8 Å². The molecule has 0 fully saturated rings. The molecule has 0 aliphatic carbocycles. The standard InChI is InChI=1S/C13H23NSi/c1-4-12-15(6-3,14-5-2)13-10-8-7-9-11-13/h7-11,14H,4-6,12H2,1-3H3. The van der Waals surface area contributed by atoms with Crippen LogP contribution in [-0.2, 0) is 0 Å². The van der Waals surface area contributed by atoms with Crippen molar-refractivity contribution in [3.05, 3.63) is 30.3 Å². The van der Waals surface area contributed by atoms with E-state index in [9.17, 15) is 0 Å². The minimum Gasteiger partial charge on any atom is -0.334 e. The van der Waals surface area contributed by atoms with Crippen molar-refractivity contribution in [2.24, 2.45) is 0 Å². The molecule has 1 aromatic rings. The molecule has 0 bridgehead atoms. The van der Waals surface area contributed by atoms with Crippen LogP contribution in [0, 0.1) is 0 Å². The van der Waals surface area contributed by atoms with Gasteiger partial charge in [0.05, 0.1) is 0 Å². The predicted octanol–water partition coefficient (Wildman–Crippen LogP) is 2.88. The van der Waals surface area contributed by atoms with E-state index < -0.39 is 8.24 Å². The lowest BCUT2D eigenvalue weighted by Crippen LogP contribution is -2.59. The molecule has 0 heterocycles. The van der Waals surface area contributed by atoms with Crippen LogP contribution in [0.1, 0.15) is 27.2 Å². The van der Waals surface area contributed by atoms with E-state index in [1.54, 1.807) is 5.19 Å². The average Bonchev–Trinajstić information content (AvgIpc) is 2.30. The second kappa shape index (κ2) is 6.08. The molecule has 15 heavy (non-hydrogen) atoms.